The first-order chi connectivity index (χ1) is 16.0. The van der Waals surface area contributed by atoms with Gasteiger partial charge in [-0.15, -0.1) is 0 Å². The Morgan fingerprint density at radius 1 is 1.21 bits per heavy atom. The van der Waals surface area contributed by atoms with Crippen molar-refractivity contribution < 1.29 is 43.1 Å². The lowest BCUT2D eigenvalue weighted by molar-refractivity contribution is -0.218. The van der Waals surface area contributed by atoms with Crippen LogP contribution in [0.4, 0.5) is 9.18 Å². The van der Waals surface area contributed by atoms with E-state index in [1.807, 2.05) is 0 Å². The molecule has 1 aliphatic carbocycles. The molecule has 2 N–H and O–H groups in total. The van der Waals surface area contributed by atoms with E-state index in [2.05, 4.69) is 0 Å². The summed E-state index contributed by atoms with van der Waals surface area (Å²) in [6, 6.07) is 0.905. The number of ether oxygens (including phenoxy) is 4. The van der Waals surface area contributed by atoms with Crippen LogP contribution in [0.25, 0.3) is 0 Å². The topological polar surface area (TPSA) is 156 Å². The fourth-order valence-electron chi connectivity index (χ4n) is 3.91. The summed E-state index contributed by atoms with van der Waals surface area (Å²) in [4.78, 5) is 48.6. The average Bonchev–Trinajstić information content (AvgIpc) is 3.02. The Bertz CT molecular complexity index is 1000. The Morgan fingerprint density at radius 2 is 1.88 bits per heavy atom. The number of carbonyl (C=O) groups is 2. The number of hydrogen-bond donors (Lipinski definition) is 2. The van der Waals surface area contributed by atoms with Crippen LogP contribution in [-0.2, 0) is 30.5 Å². The summed E-state index contributed by atoms with van der Waals surface area (Å²) in [6.45, 7) is 1.34. The van der Waals surface area contributed by atoms with Crippen LogP contribution in [0.5, 0.6) is 0 Å². The van der Waals surface area contributed by atoms with Crippen molar-refractivity contribution in [2.24, 2.45) is 5.92 Å². The third-order valence-corrected chi connectivity index (χ3v) is 5.74. The third kappa shape index (κ3) is 5.65. The minimum absolute atomic E-state index is 0.370. The van der Waals surface area contributed by atoms with Crippen molar-refractivity contribution in [2.45, 2.75) is 83.1 Å². The highest BCUT2D eigenvalue weighted by Gasteiger charge is 2.57. The number of nitrogens with zero attached hydrogens (tertiary/aromatic N) is 2. The molecule has 0 spiro atoms. The molecule has 0 radical (unpaired) electrons. The predicted octanol–water partition coefficient (Wildman–Crippen LogP) is 0.569. The van der Waals surface area contributed by atoms with E-state index >= 15 is 4.39 Å². The number of esters is 1. The molecule has 12 nitrogen and oxygen atoms in total. The van der Waals surface area contributed by atoms with Crippen LogP contribution in [0.2, 0.25) is 0 Å². The van der Waals surface area contributed by atoms with Crippen molar-refractivity contribution >= 4 is 12.1 Å². The van der Waals surface area contributed by atoms with Gasteiger partial charge in [0, 0.05) is 12.3 Å². The molecule has 0 aromatic carbocycles. The van der Waals surface area contributed by atoms with Crippen LogP contribution in [0.15, 0.2) is 21.9 Å². The molecule has 0 amide bonds. The van der Waals surface area contributed by atoms with Gasteiger partial charge in [-0.2, -0.15) is 0 Å². The molecule has 2 heterocycles. The van der Waals surface area contributed by atoms with Crippen molar-refractivity contribution in [3.05, 3.63) is 33.1 Å². The third-order valence-electron chi connectivity index (χ3n) is 5.74. The molecule has 1 saturated carbocycles. The molecule has 190 valence electrons. The molecule has 0 bridgehead atoms. The maximum absolute atomic E-state index is 15.3. The molecule has 1 aliphatic heterocycles. The number of aromatic nitrogens is 2. The molecular formula is C21H29FN2O10. The van der Waals surface area contributed by atoms with E-state index in [1.165, 1.54) is 0 Å². The number of alkyl halides is 1. The fourth-order valence-corrected chi connectivity index (χ4v) is 3.91. The summed E-state index contributed by atoms with van der Waals surface area (Å²) < 4.78 is 36.1. The van der Waals surface area contributed by atoms with Crippen LogP contribution in [0, 0.1) is 5.92 Å². The van der Waals surface area contributed by atoms with Gasteiger partial charge in [0.1, 0.15) is 12.2 Å². The standard InChI is InChI=1S/C21H29FN2O10/c1-12(2)33-20(30)32-11-24-14(25)8-9-23(19(24)29)17-15(26)16(27)21(22,34-17)10-31-18(28)13-6-4-3-5-7-13/h8-9,12-13,15-17,26-27H,3-7,10-11H2,1-2H3/t15-,16+,17-,21-/m1/s1. The maximum Gasteiger partial charge on any atom is 0.510 e. The summed E-state index contributed by atoms with van der Waals surface area (Å²) >= 11 is 0. The summed E-state index contributed by atoms with van der Waals surface area (Å²) in [7, 11) is 0. The van der Waals surface area contributed by atoms with Crippen molar-refractivity contribution in [3.8, 4) is 0 Å². The number of hydrogen-bond acceptors (Lipinski definition) is 10. The number of aliphatic hydroxyl groups is 2. The van der Waals surface area contributed by atoms with Crippen molar-refractivity contribution in [3.63, 3.8) is 0 Å². The van der Waals surface area contributed by atoms with E-state index in [1.54, 1.807) is 13.8 Å². The molecule has 4 atom stereocenters. The minimum Gasteiger partial charge on any atom is -0.459 e. The van der Waals surface area contributed by atoms with Crippen LogP contribution in [0.3, 0.4) is 0 Å². The van der Waals surface area contributed by atoms with Crippen LogP contribution in [-0.4, -0.2) is 62.2 Å². The normalized spacial score (nSPS) is 27.5. The van der Waals surface area contributed by atoms with Crippen LogP contribution >= 0.6 is 0 Å². The minimum atomic E-state index is -2.99. The Balaban J connectivity index is 1.73. The first kappa shape index (κ1) is 25.8. The average molecular weight is 488 g/mol. The quantitative estimate of drug-likeness (QED) is 0.520. The monoisotopic (exact) mass is 488 g/mol. The lowest BCUT2D eigenvalue weighted by Crippen LogP contribution is -2.44. The zero-order chi connectivity index (χ0) is 25.0. The second kappa shape index (κ2) is 10.7. The SMILES string of the molecule is CC(C)OC(=O)OCn1c(=O)ccn([C@@H]2O[C@](F)(COC(=O)C3CCCCC3)[C@@H](O)[C@H]2O)c1=O. The van der Waals surface area contributed by atoms with Gasteiger partial charge in [0.2, 0.25) is 0 Å². The Labute approximate surface area is 193 Å². The molecule has 3 rings (SSSR count). The Morgan fingerprint density at radius 3 is 2.53 bits per heavy atom. The maximum atomic E-state index is 15.3. The molecule has 34 heavy (non-hydrogen) atoms. The van der Waals surface area contributed by atoms with Crippen molar-refractivity contribution in [2.75, 3.05) is 6.61 Å². The van der Waals surface area contributed by atoms with Gasteiger partial charge >= 0.3 is 17.8 Å². The van der Waals surface area contributed by atoms with Crippen molar-refractivity contribution in [1.82, 2.24) is 9.13 Å². The number of carbonyl (C=O) groups excluding carboxylic acids is 2. The molecule has 13 heteroatoms. The van der Waals surface area contributed by atoms with Gasteiger partial charge in [-0.05, 0) is 26.7 Å². The molecule has 1 aromatic heterocycles. The fraction of sp³-hybridized carbons (Fsp3) is 0.714. The van der Waals surface area contributed by atoms with E-state index in [0.29, 0.717) is 22.0 Å². The highest BCUT2D eigenvalue weighted by atomic mass is 19.2. The molecular weight excluding hydrogens is 459 g/mol. The highest BCUT2D eigenvalue weighted by Crippen LogP contribution is 2.38. The number of halogens is 1. The second-order valence-electron chi connectivity index (χ2n) is 8.63. The highest BCUT2D eigenvalue weighted by molar-refractivity contribution is 5.72. The first-order valence-electron chi connectivity index (χ1n) is 11.1. The van der Waals surface area contributed by atoms with Crippen LogP contribution < -0.4 is 11.2 Å². The van der Waals surface area contributed by atoms with E-state index < -0.39 is 67.1 Å². The lowest BCUT2D eigenvalue weighted by atomic mass is 9.89. The van der Waals surface area contributed by atoms with Gasteiger partial charge in [0.15, 0.2) is 19.6 Å². The first-order valence-corrected chi connectivity index (χ1v) is 11.1. The molecule has 2 aliphatic rings. The van der Waals surface area contributed by atoms with E-state index in [9.17, 15) is 29.4 Å². The lowest BCUT2D eigenvalue weighted by Gasteiger charge is -2.25. The number of aliphatic hydroxyl groups excluding tert-OH is 2. The predicted molar refractivity (Wildman–Crippen MR) is 111 cm³/mol. The zero-order valence-electron chi connectivity index (χ0n) is 18.9. The van der Waals surface area contributed by atoms with Crippen LogP contribution in [0.1, 0.15) is 52.2 Å². The molecule has 0 unspecified atom stereocenters. The summed E-state index contributed by atoms with van der Waals surface area (Å²) in [5.74, 6) is -3.99. The number of rotatable bonds is 7. The smallest absolute Gasteiger partial charge is 0.459 e. The van der Waals surface area contributed by atoms with Gasteiger partial charge in [0.05, 0.1) is 12.0 Å². The van der Waals surface area contributed by atoms with Crippen molar-refractivity contribution in [1.29, 1.82) is 0 Å². The van der Waals surface area contributed by atoms with Gasteiger partial charge in [-0.1, -0.05) is 19.3 Å². The Hall–Kier alpha value is -2.77. The van der Waals surface area contributed by atoms with Gasteiger partial charge in [0.25, 0.3) is 11.4 Å². The zero-order valence-corrected chi connectivity index (χ0v) is 18.9. The van der Waals surface area contributed by atoms with E-state index in [4.69, 9.17) is 18.9 Å². The summed E-state index contributed by atoms with van der Waals surface area (Å²) in [5.41, 5.74) is -1.95. The largest absolute Gasteiger partial charge is 0.510 e. The van der Waals surface area contributed by atoms with E-state index in [-0.39, 0.29) is 5.92 Å². The molecule has 2 fully saturated rings. The Kier molecular flexibility index (Phi) is 8.10. The van der Waals surface area contributed by atoms with Gasteiger partial charge < -0.3 is 29.2 Å². The second-order valence-corrected chi connectivity index (χ2v) is 8.63. The van der Waals surface area contributed by atoms with Gasteiger partial charge in [-0.3, -0.25) is 14.2 Å². The van der Waals surface area contributed by atoms with Gasteiger partial charge in [-0.25, -0.2) is 18.5 Å². The summed E-state index contributed by atoms with van der Waals surface area (Å²) in [5, 5.41) is 20.6. The molecule has 1 saturated heterocycles. The molecule has 1 aromatic rings. The summed E-state index contributed by atoms with van der Waals surface area (Å²) in [6.07, 6.45) is -2.55. The van der Waals surface area contributed by atoms with E-state index in [0.717, 1.165) is 31.5 Å².